The lowest BCUT2D eigenvalue weighted by atomic mass is 10.1. The summed E-state index contributed by atoms with van der Waals surface area (Å²) in [5.74, 6) is 0.605. The van der Waals surface area contributed by atoms with Crippen molar-refractivity contribution in [3.8, 4) is 11.4 Å². The summed E-state index contributed by atoms with van der Waals surface area (Å²) in [7, 11) is 0. The van der Waals surface area contributed by atoms with Crippen molar-refractivity contribution in [1.29, 1.82) is 0 Å². The maximum absolute atomic E-state index is 11.3. The van der Waals surface area contributed by atoms with Gasteiger partial charge in [0.1, 0.15) is 0 Å². The fourth-order valence-corrected chi connectivity index (χ4v) is 1.80. The van der Waals surface area contributed by atoms with Crippen molar-refractivity contribution in [3.63, 3.8) is 0 Å². The molecule has 88 valence electrons. The van der Waals surface area contributed by atoms with E-state index in [9.17, 15) is 4.79 Å². The number of aromatic amines is 1. The molecule has 3 heterocycles. The first-order valence-electron chi connectivity index (χ1n) is 5.50. The predicted octanol–water partition coefficient (Wildman–Crippen LogP) is 1.69. The fraction of sp³-hybridized carbons (Fsp3) is 0.0769. The molecule has 0 aliphatic carbocycles. The lowest BCUT2D eigenvalue weighted by Gasteiger charge is -2.04. The Labute approximate surface area is 103 Å². The molecule has 3 aromatic heterocycles. The number of aryl methyl sites for hydroxylation is 1. The normalized spacial score (nSPS) is 10.7. The highest BCUT2D eigenvalue weighted by atomic mass is 16.1. The van der Waals surface area contributed by atoms with Crippen LogP contribution in [0.5, 0.6) is 0 Å². The quantitative estimate of drug-likeness (QED) is 0.700. The molecular formula is C13H10N4O. The highest BCUT2D eigenvalue weighted by Gasteiger charge is 2.06. The molecule has 0 saturated heterocycles. The monoisotopic (exact) mass is 238 g/mol. The Balaban J connectivity index is 2.25. The third-order valence-electron chi connectivity index (χ3n) is 2.75. The van der Waals surface area contributed by atoms with Crippen LogP contribution in [0.25, 0.3) is 22.3 Å². The van der Waals surface area contributed by atoms with Gasteiger partial charge in [-0.25, -0.2) is 9.97 Å². The third kappa shape index (κ3) is 1.75. The van der Waals surface area contributed by atoms with E-state index in [0.717, 1.165) is 16.5 Å². The second-order valence-electron chi connectivity index (χ2n) is 4.02. The van der Waals surface area contributed by atoms with Crippen LogP contribution in [-0.4, -0.2) is 19.9 Å². The Bertz CT molecular complexity index is 779. The molecule has 0 aliphatic rings. The smallest absolute Gasteiger partial charge is 0.250 e. The van der Waals surface area contributed by atoms with Crippen LogP contribution in [0, 0.1) is 6.92 Å². The molecule has 0 aliphatic heterocycles. The second kappa shape index (κ2) is 4.03. The van der Waals surface area contributed by atoms with Crippen molar-refractivity contribution in [2.45, 2.75) is 6.92 Å². The van der Waals surface area contributed by atoms with E-state index in [2.05, 4.69) is 19.9 Å². The third-order valence-corrected chi connectivity index (χ3v) is 2.75. The minimum Gasteiger partial charge on any atom is -0.328 e. The molecule has 18 heavy (non-hydrogen) atoms. The van der Waals surface area contributed by atoms with Crippen molar-refractivity contribution in [3.05, 3.63) is 52.8 Å². The van der Waals surface area contributed by atoms with E-state index in [-0.39, 0.29) is 5.56 Å². The first kappa shape index (κ1) is 10.6. The number of fused-ring (bicyclic) bond motifs is 1. The van der Waals surface area contributed by atoms with E-state index in [4.69, 9.17) is 0 Å². The highest BCUT2D eigenvalue weighted by Crippen LogP contribution is 2.19. The van der Waals surface area contributed by atoms with Crippen molar-refractivity contribution in [1.82, 2.24) is 19.9 Å². The maximum Gasteiger partial charge on any atom is 0.250 e. The van der Waals surface area contributed by atoms with Crippen LogP contribution in [0.1, 0.15) is 5.56 Å². The van der Waals surface area contributed by atoms with Crippen molar-refractivity contribution in [2.24, 2.45) is 0 Å². The first-order chi connectivity index (χ1) is 8.74. The second-order valence-corrected chi connectivity index (χ2v) is 4.02. The topological polar surface area (TPSA) is 71.5 Å². The summed E-state index contributed by atoms with van der Waals surface area (Å²) in [6.07, 6.45) is 6.78. The Morgan fingerprint density at radius 1 is 1.28 bits per heavy atom. The number of rotatable bonds is 1. The maximum atomic E-state index is 11.3. The molecule has 3 rings (SSSR count). The van der Waals surface area contributed by atoms with Crippen LogP contribution >= 0.6 is 0 Å². The lowest BCUT2D eigenvalue weighted by Crippen LogP contribution is -2.03. The van der Waals surface area contributed by atoms with Gasteiger partial charge in [-0.2, -0.15) is 0 Å². The number of hydrogen-bond acceptors (Lipinski definition) is 4. The Kier molecular flexibility index (Phi) is 2.37. The van der Waals surface area contributed by atoms with Crippen LogP contribution in [0.3, 0.4) is 0 Å². The number of aromatic nitrogens is 4. The number of hydrogen-bond donors (Lipinski definition) is 1. The summed E-state index contributed by atoms with van der Waals surface area (Å²) < 4.78 is 0. The van der Waals surface area contributed by atoms with Crippen molar-refractivity contribution in [2.75, 3.05) is 0 Å². The molecule has 3 aromatic rings. The molecule has 5 nitrogen and oxygen atoms in total. The average molecular weight is 238 g/mol. The van der Waals surface area contributed by atoms with E-state index < -0.39 is 0 Å². The average Bonchev–Trinajstić information content (AvgIpc) is 2.38. The van der Waals surface area contributed by atoms with Gasteiger partial charge in [0.15, 0.2) is 5.82 Å². The first-order valence-corrected chi connectivity index (χ1v) is 5.50. The van der Waals surface area contributed by atoms with Gasteiger partial charge in [0.25, 0.3) is 0 Å². The van der Waals surface area contributed by atoms with Gasteiger partial charge in [-0.15, -0.1) is 0 Å². The molecule has 0 atom stereocenters. The van der Waals surface area contributed by atoms with E-state index >= 15 is 0 Å². The summed E-state index contributed by atoms with van der Waals surface area (Å²) in [6.45, 7) is 1.95. The standard InChI is InChI=1S/C13H10N4O/c1-8-5-14-3-2-10(8)13-16-7-9-6-15-12(18)4-11(9)17-13/h2-7H,1H3,(H,15,18). The summed E-state index contributed by atoms with van der Waals surface area (Å²) in [5, 5.41) is 0.810. The Hall–Kier alpha value is -2.56. The van der Waals surface area contributed by atoms with Gasteiger partial charge in [-0.1, -0.05) is 0 Å². The lowest BCUT2D eigenvalue weighted by molar-refractivity contribution is 1.17. The molecular weight excluding hydrogens is 228 g/mol. The summed E-state index contributed by atoms with van der Waals surface area (Å²) >= 11 is 0. The van der Waals surface area contributed by atoms with E-state index in [1.54, 1.807) is 24.8 Å². The molecule has 0 unspecified atom stereocenters. The van der Waals surface area contributed by atoms with Gasteiger partial charge in [0, 0.05) is 41.8 Å². The molecule has 0 bridgehead atoms. The largest absolute Gasteiger partial charge is 0.328 e. The summed E-state index contributed by atoms with van der Waals surface area (Å²) in [4.78, 5) is 26.6. The predicted molar refractivity (Wildman–Crippen MR) is 68.1 cm³/mol. The van der Waals surface area contributed by atoms with Crippen LogP contribution in [0.4, 0.5) is 0 Å². The SMILES string of the molecule is Cc1cnccc1-c1ncc2c[nH]c(=O)cc2n1. The molecule has 0 saturated carbocycles. The highest BCUT2D eigenvalue weighted by molar-refractivity contribution is 5.78. The zero-order chi connectivity index (χ0) is 12.5. The minimum absolute atomic E-state index is 0.168. The molecule has 0 amide bonds. The van der Waals surface area contributed by atoms with Crippen molar-refractivity contribution >= 4 is 10.9 Å². The molecule has 0 spiro atoms. The zero-order valence-corrected chi connectivity index (χ0v) is 9.71. The molecule has 0 aromatic carbocycles. The zero-order valence-electron chi connectivity index (χ0n) is 9.71. The van der Waals surface area contributed by atoms with Gasteiger partial charge in [0.05, 0.1) is 5.52 Å². The minimum atomic E-state index is -0.168. The van der Waals surface area contributed by atoms with Crippen LogP contribution in [0.15, 0.2) is 41.7 Å². The van der Waals surface area contributed by atoms with Crippen LogP contribution < -0.4 is 5.56 Å². The molecule has 0 fully saturated rings. The van der Waals surface area contributed by atoms with E-state index in [0.29, 0.717) is 11.3 Å². The van der Waals surface area contributed by atoms with Gasteiger partial charge in [-0.05, 0) is 18.6 Å². The Morgan fingerprint density at radius 3 is 3.00 bits per heavy atom. The molecule has 5 heteroatoms. The van der Waals surface area contributed by atoms with Crippen LogP contribution in [-0.2, 0) is 0 Å². The summed E-state index contributed by atoms with van der Waals surface area (Å²) in [5.41, 5.74) is 2.40. The number of pyridine rings is 2. The number of H-pyrrole nitrogens is 1. The number of nitrogens with one attached hydrogen (secondary N) is 1. The number of nitrogens with zero attached hydrogens (tertiary/aromatic N) is 3. The van der Waals surface area contributed by atoms with Gasteiger partial charge >= 0.3 is 0 Å². The Morgan fingerprint density at radius 2 is 2.17 bits per heavy atom. The molecule has 1 N–H and O–H groups in total. The van der Waals surface area contributed by atoms with Gasteiger partial charge in [0.2, 0.25) is 5.56 Å². The van der Waals surface area contributed by atoms with Gasteiger partial charge < -0.3 is 4.98 Å². The molecule has 0 radical (unpaired) electrons. The van der Waals surface area contributed by atoms with Crippen LogP contribution in [0.2, 0.25) is 0 Å². The van der Waals surface area contributed by atoms with E-state index in [1.807, 2.05) is 13.0 Å². The van der Waals surface area contributed by atoms with Gasteiger partial charge in [-0.3, -0.25) is 9.78 Å². The van der Waals surface area contributed by atoms with Crippen molar-refractivity contribution < 1.29 is 0 Å². The fourth-order valence-electron chi connectivity index (χ4n) is 1.80. The summed E-state index contributed by atoms with van der Waals surface area (Å²) in [6, 6.07) is 3.33. The van der Waals surface area contributed by atoms with E-state index in [1.165, 1.54) is 6.07 Å².